The highest BCUT2D eigenvalue weighted by molar-refractivity contribution is 5.65. The molecule has 0 saturated carbocycles. The quantitative estimate of drug-likeness (QED) is 0.460. The smallest absolute Gasteiger partial charge is 0.277 e. The van der Waals surface area contributed by atoms with Crippen molar-refractivity contribution in [3.63, 3.8) is 0 Å². The van der Waals surface area contributed by atoms with Gasteiger partial charge in [0.05, 0.1) is 30.3 Å². The van der Waals surface area contributed by atoms with Gasteiger partial charge in [-0.2, -0.15) is 0 Å². The van der Waals surface area contributed by atoms with Crippen molar-refractivity contribution in [2.24, 2.45) is 0 Å². The highest BCUT2D eigenvalue weighted by Crippen LogP contribution is 2.29. The van der Waals surface area contributed by atoms with Gasteiger partial charge in [0.15, 0.2) is 17.1 Å². The fraction of sp³-hybridized carbons (Fsp3) is 0.280. The highest BCUT2D eigenvalue weighted by atomic mass is 16.5. The second kappa shape index (κ2) is 8.52. The average Bonchev–Trinajstić information content (AvgIpc) is 3.44. The van der Waals surface area contributed by atoms with E-state index in [9.17, 15) is 4.79 Å². The molecular formula is C25H24N4O4. The van der Waals surface area contributed by atoms with Gasteiger partial charge in [-0.1, -0.05) is 12.0 Å². The van der Waals surface area contributed by atoms with Crippen molar-refractivity contribution in [2.75, 3.05) is 20.3 Å². The Balaban J connectivity index is 1.40. The van der Waals surface area contributed by atoms with Crippen LogP contribution in [0.4, 0.5) is 0 Å². The predicted octanol–water partition coefficient (Wildman–Crippen LogP) is 3.17. The number of benzene rings is 1. The first kappa shape index (κ1) is 20.9. The zero-order valence-corrected chi connectivity index (χ0v) is 18.6. The van der Waals surface area contributed by atoms with Crippen LogP contribution in [0.5, 0.6) is 11.5 Å². The minimum absolute atomic E-state index is 0.0669. The number of methoxy groups -OCH3 is 1. The second-order valence-electron chi connectivity index (χ2n) is 8.03. The van der Waals surface area contributed by atoms with Crippen LogP contribution in [0, 0.1) is 19.3 Å². The van der Waals surface area contributed by atoms with Gasteiger partial charge in [0.25, 0.3) is 5.56 Å². The third-order valence-electron chi connectivity index (χ3n) is 5.93. The van der Waals surface area contributed by atoms with Gasteiger partial charge >= 0.3 is 0 Å². The molecule has 33 heavy (non-hydrogen) atoms. The van der Waals surface area contributed by atoms with Gasteiger partial charge in [-0.25, -0.2) is 9.50 Å². The topological polar surface area (TPSA) is 85.0 Å². The van der Waals surface area contributed by atoms with Gasteiger partial charge in [0.1, 0.15) is 12.4 Å². The minimum atomic E-state index is -0.0669. The number of aromatic amines is 1. The van der Waals surface area contributed by atoms with E-state index >= 15 is 0 Å². The van der Waals surface area contributed by atoms with Gasteiger partial charge in [-0.15, -0.1) is 6.42 Å². The van der Waals surface area contributed by atoms with Gasteiger partial charge in [0.2, 0.25) is 0 Å². The number of aromatic nitrogens is 3. The minimum Gasteiger partial charge on any atom is -0.493 e. The van der Waals surface area contributed by atoms with E-state index in [1.165, 1.54) is 4.52 Å². The van der Waals surface area contributed by atoms with Gasteiger partial charge in [0, 0.05) is 37.7 Å². The maximum absolute atomic E-state index is 13.3. The Morgan fingerprint density at radius 3 is 2.91 bits per heavy atom. The van der Waals surface area contributed by atoms with E-state index in [2.05, 4.69) is 15.9 Å². The van der Waals surface area contributed by atoms with Crippen molar-refractivity contribution in [3.8, 4) is 35.1 Å². The van der Waals surface area contributed by atoms with Crippen LogP contribution in [0.3, 0.4) is 0 Å². The van der Waals surface area contributed by atoms with E-state index in [1.807, 2.05) is 37.3 Å². The molecule has 0 saturated heterocycles. The number of fused-ring (bicyclic) bond motifs is 2. The van der Waals surface area contributed by atoms with E-state index in [0.29, 0.717) is 36.7 Å². The Morgan fingerprint density at radius 1 is 1.27 bits per heavy atom. The third kappa shape index (κ3) is 3.88. The lowest BCUT2D eigenvalue weighted by molar-refractivity contribution is 0.241. The van der Waals surface area contributed by atoms with Crippen molar-refractivity contribution in [1.29, 1.82) is 0 Å². The van der Waals surface area contributed by atoms with Crippen molar-refractivity contribution in [2.45, 2.75) is 26.4 Å². The lowest BCUT2D eigenvalue weighted by Gasteiger charge is -2.27. The molecule has 4 aromatic rings. The zero-order valence-electron chi connectivity index (χ0n) is 18.6. The number of hydrogen-bond acceptors (Lipinski definition) is 6. The van der Waals surface area contributed by atoms with Crippen LogP contribution in [0.25, 0.3) is 16.9 Å². The molecule has 0 unspecified atom stereocenters. The SMILES string of the molecule is C#CCOc1ccc(CN2CCc3nc4cc(-c5ccoc5C)[nH]n4c(=O)c3C2)cc1OC. The number of hydrogen-bond donors (Lipinski definition) is 1. The molecular weight excluding hydrogens is 420 g/mol. The summed E-state index contributed by atoms with van der Waals surface area (Å²) in [7, 11) is 1.60. The third-order valence-corrected chi connectivity index (χ3v) is 5.93. The monoisotopic (exact) mass is 444 g/mol. The average molecular weight is 444 g/mol. The van der Waals surface area contributed by atoms with E-state index in [-0.39, 0.29) is 12.2 Å². The zero-order chi connectivity index (χ0) is 22.9. The molecule has 8 nitrogen and oxygen atoms in total. The summed E-state index contributed by atoms with van der Waals surface area (Å²) in [6, 6.07) is 9.57. The van der Waals surface area contributed by atoms with Crippen LogP contribution in [0.15, 0.2) is 45.8 Å². The summed E-state index contributed by atoms with van der Waals surface area (Å²) in [5.41, 5.74) is 4.93. The maximum Gasteiger partial charge on any atom is 0.277 e. The molecule has 0 aliphatic carbocycles. The summed E-state index contributed by atoms with van der Waals surface area (Å²) in [5, 5.41) is 3.18. The normalized spacial score (nSPS) is 13.6. The van der Waals surface area contributed by atoms with Gasteiger partial charge in [-0.05, 0) is 30.7 Å². The molecule has 0 amide bonds. The van der Waals surface area contributed by atoms with E-state index in [4.69, 9.17) is 25.3 Å². The molecule has 0 fully saturated rings. The van der Waals surface area contributed by atoms with Crippen LogP contribution < -0.4 is 15.0 Å². The molecule has 0 bridgehead atoms. The molecule has 1 aliphatic rings. The Bertz CT molecular complexity index is 1420. The van der Waals surface area contributed by atoms with Crippen LogP contribution in [-0.4, -0.2) is 39.8 Å². The number of nitrogens with zero attached hydrogens (tertiary/aromatic N) is 3. The highest BCUT2D eigenvalue weighted by Gasteiger charge is 2.23. The summed E-state index contributed by atoms with van der Waals surface area (Å²) in [4.78, 5) is 20.3. The number of H-pyrrole nitrogens is 1. The molecule has 5 rings (SSSR count). The number of terminal acetylenes is 1. The lowest BCUT2D eigenvalue weighted by Crippen LogP contribution is -2.36. The molecule has 4 heterocycles. The number of aryl methyl sites for hydroxylation is 1. The fourth-order valence-electron chi connectivity index (χ4n) is 4.28. The van der Waals surface area contributed by atoms with Gasteiger partial charge < -0.3 is 13.9 Å². The molecule has 1 aromatic carbocycles. The number of ether oxygens (including phenoxy) is 2. The van der Waals surface area contributed by atoms with E-state index < -0.39 is 0 Å². The van der Waals surface area contributed by atoms with E-state index in [1.54, 1.807) is 13.4 Å². The summed E-state index contributed by atoms with van der Waals surface area (Å²) < 4.78 is 17.9. The predicted molar refractivity (Wildman–Crippen MR) is 123 cm³/mol. The Kier molecular flexibility index (Phi) is 5.40. The number of nitrogens with one attached hydrogen (secondary N) is 1. The van der Waals surface area contributed by atoms with Crippen LogP contribution in [-0.2, 0) is 19.5 Å². The van der Waals surface area contributed by atoms with Crippen LogP contribution in [0.2, 0.25) is 0 Å². The summed E-state index contributed by atoms with van der Waals surface area (Å²) in [5.74, 6) is 4.50. The molecule has 0 spiro atoms. The summed E-state index contributed by atoms with van der Waals surface area (Å²) in [6.07, 6.45) is 7.63. The van der Waals surface area contributed by atoms with Crippen molar-refractivity contribution in [1.82, 2.24) is 19.5 Å². The molecule has 1 aliphatic heterocycles. The summed E-state index contributed by atoms with van der Waals surface area (Å²) in [6.45, 7) is 4.09. The first-order chi connectivity index (χ1) is 16.1. The molecule has 8 heteroatoms. The fourth-order valence-corrected chi connectivity index (χ4v) is 4.28. The standard InChI is InChI=1S/C25H24N4O4/c1-4-10-33-22-6-5-17(12-23(22)31-3)14-28-9-7-20-19(15-28)25(30)29-24(26-20)13-21(27-29)18-8-11-32-16(18)2/h1,5-6,8,11-13,27H,7,9-10,14-15H2,2-3H3. The van der Waals surface area contributed by atoms with Crippen molar-refractivity contribution >= 4 is 5.65 Å². The van der Waals surface area contributed by atoms with Crippen LogP contribution >= 0.6 is 0 Å². The molecule has 0 radical (unpaired) electrons. The van der Waals surface area contributed by atoms with Crippen molar-refractivity contribution < 1.29 is 13.9 Å². The molecule has 1 N–H and O–H groups in total. The van der Waals surface area contributed by atoms with E-state index in [0.717, 1.165) is 40.4 Å². The van der Waals surface area contributed by atoms with Crippen LogP contribution in [0.1, 0.15) is 22.6 Å². The molecule has 168 valence electrons. The molecule has 3 aromatic heterocycles. The van der Waals surface area contributed by atoms with Crippen molar-refractivity contribution in [3.05, 3.63) is 69.5 Å². The summed E-state index contributed by atoms with van der Waals surface area (Å²) >= 11 is 0. The first-order valence-electron chi connectivity index (χ1n) is 10.7. The Hall–Kier alpha value is -3.96. The first-order valence-corrected chi connectivity index (χ1v) is 10.7. The number of furan rings is 1. The van der Waals surface area contributed by atoms with Gasteiger partial charge in [-0.3, -0.25) is 14.8 Å². The molecule has 0 atom stereocenters. The maximum atomic E-state index is 13.3. The lowest BCUT2D eigenvalue weighted by atomic mass is 10.1. The largest absolute Gasteiger partial charge is 0.493 e. The number of rotatable bonds is 6. The Labute approximate surface area is 190 Å². The Morgan fingerprint density at radius 2 is 2.15 bits per heavy atom. The second-order valence-corrected chi connectivity index (χ2v) is 8.03.